The molecule has 0 aliphatic heterocycles. The Kier molecular flexibility index (Phi) is 7.65. The number of nitrogens with zero attached hydrogens (tertiary/aromatic N) is 4. The van der Waals surface area contributed by atoms with Crippen molar-refractivity contribution in [2.45, 2.75) is 44.4 Å². The highest BCUT2D eigenvalue weighted by Gasteiger charge is 2.37. The van der Waals surface area contributed by atoms with Crippen LogP contribution in [0.15, 0.2) is 52.6 Å². The molecule has 40 heavy (non-hydrogen) atoms. The lowest BCUT2D eigenvalue weighted by molar-refractivity contribution is -0.139. The van der Waals surface area contributed by atoms with Crippen molar-refractivity contribution in [2.24, 2.45) is 0 Å². The summed E-state index contributed by atoms with van der Waals surface area (Å²) in [6.45, 7) is 1.15. The van der Waals surface area contributed by atoms with Crippen molar-refractivity contribution in [2.75, 3.05) is 5.32 Å². The van der Waals surface area contributed by atoms with E-state index in [1.165, 1.54) is 25.3 Å². The zero-order valence-electron chi connectivity index (χ0n) is 20.3. The first-order valence-corrected chi connectivity index (χ1v) is 11.5. The van der Waals surface area contributed by atoms with Crippen molar-refractivity contribution >= 4 is 16.5 Å². The smallest absolute Gasteiger partial charge is 0.391 e. The number of rotatable bonds is 7. The SMILES string of the molecule is C[C@@H](C[C@H](O)Cn1ccc2cc(-c3ncc(C(F)(F)F)cn3)c(F)cc2c1=O)Nc1cn[nH]c(=O)c1C(F)(F)F. The maximum Gasteiger partial charge on any atom is 0.423 e. The number of nitrogens with one attached hydrogen (secondary N) is 2. The van der Waals surface area contributed by atoms with Gasteiger partial charge in [-0.1, -0.05) is 0 Å². The number of benzene rings is 1. The number of H-pyrrole nitrogens is 1. The van der Waals surface area contributed by atoms with E-state index < -0.39 is 58.2 Å². The summed E-state index contributed by atoms with van der Waals surface area (Å²) in [6.07, 6.45) is -7.91. The van der Waals surface area contributed by atoms with Gasteiger partial charge >= 0.3 is 12.4 Å². The van der Waals surface area contributed by atoms with E-state index in [2.05, 4.69) is 20.4 Å². The first kappa shape index (κ1) is 28.7. The molecule has 0 unspecified atom stereocenters. The van der Waals surface area contributed by atoms with Crippen LogP contribution in [-0.2, 0) is 18.9 Å². The number of alkyl halides is 6. The van der Waals surface area contributed by atoms with Crippen molar-refractivity contribution < 1.29 is 35.8 Å². The van der Waals surface area contributed by atoms with Crippen molar-refractivity contribution in [3.05, 3.63) is 80.6 Å². The third-order valence-corrected chi connectivity index (χ3v) is 5.86. The highest BCUT2D eigenvalue weighted by Crippen LogP contribution is 2.32. The average molecular weight is 572 g/mol. The molecule has 0 fully saturated rings. The van der Waals surface area contributed by atoms with Gasteiger partial charge in [-0.3, -0.25) is 9.59 Å². The van der Waals surface area contributed by atoms with E-state index in [1.54, 1.807) is 5.10 Å². The van der Waals surface area contributed by atoms with Gasteiger partial charge in [0, 0.05) is 24.6 Å². The lowest BCUT2D eigenvalue weighted by atomic mass is 10.1. The van der Waals surface area contributed by atoms with Crippen LogP contribution in [0, 0.1) is 5.82 Å². The highest BCUT2D eigenvalue weighted by atomic mass is 19.4. The summed E-state index contributed by atoms with van der Waals surface area (Å²) in [6, 6.07) is 2.70. The molecule has 0 spiro atoms. The van der Waals surface area contributed by atoms with Gasteiger partial charge in [0.15, 0.2) is 5.82 Å². The number of pyridine rings is 1. The second-order valence-corrected chi connectivity index (χ2v) is 8.91. The minimum Gasteiger partial charge on any atom is -0.391 e. The molecule has 3 aromatic heterocycles. The summed E-state index contributed by atoms with van der Waals surface area (Å²) in [4.78, 5) is 31.7. The molecule has 0 aliphatic carbocycles. The summed E-state index contributed by atoms with van der Waals surface area (Å²) in [5, 5.41) is 18.2. The Morgan fingerprint density at radius 3 is 2.35 bits per heavy atom. The zero-order valence-corrected chi connectivity index (χ0v) is 20.3. The topological polar surface area (TPSA) is 126 Å². The Balaban J connectivity index is 1.51. The van der Waals surface area contributed by atoms with Gasteiger partial charge in [-0.15, -0.1) is 0 Å². The van der Waals surface area contributed by atoms with Crippen molar-refractivity contribution in [3.63, 3.8) is 0 Å². The Hall–Kier alpha value is -4.34. The summed E-state index contributed by atoms with van der Waals surface area (Å²) in [5.41, 5.74) is -5.54. The van der Waals surface area contributed by atoms with Gasteiger partial charge in [-0.25, -0.2) is 19.5 Å². The van der Waals surface area contributed by atoms with Crippen LogP contribution in [0.1, 0.15) is 24.5 Å². The molecule has 0 amide bonds. The van der Waals surface area contributed by atoms with Gasteiger partial charge in [0.2, 0.25) is 0 Å². The van der Waals surface area contributed by atoms with Gasteiger partial charge < -0.3 is 15.0 Å². The molecule has 4 aromatic rings. The summed E-state index contributed by atoms with van der Waals surface area (Å²) < 4.78 is 93.9. The number of anilines is 1. The Bertz CT molecular complexity index is 1650. The second-order valence-electron chi connectivity index (χ2n) is 8.91. The van der Waals surface area contributed by atoms with E-state index in [9.17, 15) is 45.4 Å². The summed E-state index contributed by atoms with van der Waals surface area (Å²) in [7, 11) is 0. The molecule has 4 rings (SSSR count). The fourth-order valence-electron chi connectivity index (χ4n) is 4.06. The Morgan fingerprint density at radius 2 is 1.73 bits per heavy atom. The van der Waals surface area contributed by atoms with E-state index in [0.717, 1.165) is 16.8 Å². The standard InChI is InChI=1S/C24H19F7N6O3/c1-11(35-18-9-34-36-21(39)19(18)24(29,30)31)4-14(38)10-37-3-2-12-5-16(17(25)6-15(12)22(37)40)20-32-7-13(8-33-20)23(26,27)28/h2-3,5-9,11,14,38H,4,10H2,1H3,(H2,35,36,39)/t11-,14-/m0/s1. The zero-order chi connectivity index (χ0) is 29.4. The summed E-state index contributed by atoms with van der Waals surface area (Å²) in [5.74, 6) is -1.29. The van der Waals surface area contributed by atoms with E-state index >= 15 is 0 Å². The van der Waals surface area contributed by atoms with Crippen LogP contribution in [0.2, 0.25) is 0 Å². The highest BCUT2D eigenvalue weighted by molar-refractivity contribution is 5.86. The number of aliphatic hydroxyl groups excluding tert-OH is 1. The largest absolute Gasteiger partial charge is 0.423 e. The molecule has 2 atom stereocenters. The Labute approximate surface area is 219 Å². The monoisotopic (exact) mass is 572 g/mol. The maximum absolute atomic E-state index is 14.8. The molecule has 0 saturated heterocycles. The van der Waals surface area contributed by atoms with Crippen LogP contribution in [0.4, 0.5) is 36.4 Å². The molecular weight excluding hydrogens is 553 g/mol. The van der Waals surface area contributed by atoms with Crippen LogP contribution in [-0.4, -0.2) is 42.0 Å². The molecule has 212 valence electrons. The Morgan fingerprint density at radius 1 is 1.05 bits per heavy atom. The molecule has 3 N–H and O–H groups in total. The molecule has 0 saturated carbocycles. The van der Waals surface area contributed by atoms with Crippen molar-refractivity contribution in [3.8, 4) is 11.4 Å². The molecule has 0 radical (unpaired) electrons. The number of hydrogen-bond donors (Lipinski definition) is 3. The number of hydrogen-bond acceptors (Lipinski definition) is 7. The lowest BCUT2D eigenvalue weighted by Gasteiger charge is -2.21. The molecule has 3 heterocycles. The van der Waals surface area contributed by atoms with Crippen LogP contribution in [0.3, 0.4) is 0 Å². The normalized spacial score (nSPS) is 13.8. The van der Waals surface area contributed by atoms with Gasteiger partial charge in [-0.2, -0.15) is 31.4 Å². The van der Waals surface area contributed by atoms with Crippen molar-refractivity contribution in [1.29, 1.82) is 0 Å². The molecule has 16 heteroatoms. The third-order valence-electron chi connectivity index (χ3n) is 5.86. The van der Waals surface area contributed by atoms with Crippen LogP contribution in [0.25, 0.3) is 22.2 Å². The molecule has 1 aromatic carbocycles. The number of aromatic amines is 1. The first-order chi connectivity index (χ1) is 18.6. The lowest BCUT2D eigenvalue weighted by Crippen LogP contribution is -2.32. The first-order valence-electron chi connectivity index (χ1n) is 11.5. The number of aromatic nitrogens is 5. The van der Waals surface area contributed by atoms with Gasteiger partial charge in [-0.05, 0) is 36.9 Å². The average Bonchev–Trinajstić information content (AvgIpc) is 2.84. The fraction of sp³-hybridized carbons (Fsp3) is 0.292. The minimum atomic E-state index is -4.95. The van der Waals surface area contributed by atoms with Gasteiger partial charge in [0.05, 0.1) is 41.0 Å². The van der Waals surface area contributed by atoms with E-state index in [4.69, 9.17) is 0 Å². The molecule has 0 bridgehead atoms. The fourth-order valence-corrected chi connectivity index (χ4v) is 4.06. The summed E-state index contributed by atoms with van der Waals surface area (Å²) >= 11 is 0. The predicted octanol–water partition coefficient (Wildman–Crippen LogP) is 3.97. The predicted molar refractivity (Wildman–Crippen MR) is 128 cm³/mol. The number of aliphatic hydroxyl groups is 1. The van der Waals surface area contributed by atoms with E-state index in [1.807, 2.05) is 0 Å². The van der Waals surface area contributed by atoms with Crippen LogP contribution < -0.4 is 16.4 Å². The van der Waals surface area contributed by atoms with Gasteiger partial charge in [0.1, 0.15) is 11.4 Å². The van der Waals surface area contributed by atoms with Gasteiger partial charge in [0.25, 0.3) is 11.1 Å². The van der Waals surface area contributed by atoms with Crippen LogP contribution >= 0.6 is 0 Å². The molecule has 9 nitrogen and oxygen atoms in total. The molecule has 0 aliphatic rings. The minimum absolute atomic E-state index is 0.0987. The second kappa shape index (κ2) is 10.7. The van der Waals surface area contributed by atoms with E-state index in [-0.39, 0.29) is 35.1 Å². The molecular formula is C24H19F7N6O3. The maximum atomic E-state index is 14.8. The third kappa shape index (κ3) is 6.11. The number of fused-ring (bicyclic) bond motifs is 1. The van der Waals surface area contributed by atoms with Crippen molar-refractivity contribution in [1.82, 2.24) is 24.7 Å². The van der Waals surface area contributed by atoms with Crippen LogP contribution in [0.5, 0.6) is 0 Å². The number of halogens is 7. The van der Waals surface area contributed by atoms with E-state index in [0.29, 0.717) is 12.4 Å². The quantitative estimate of drug-likeness (QED) is 0.286.